The first-order chi connectivity index (χ1) is 3.91. The van der Waals surface area contributed by atoms with E-state index in [1.54, 1.807) is 0 Å². The van der Waals surface area contributed by atoms with E-state index in [0.717, 1.165) is 13.1 Å². The van der Waals surface area contributed by atoms with Gasteiger partial charge in [-0.15, -0.1) is 0 Å². The van der Waals surface area contributed by atoms with Gasteiger partial charge in [-0.3, -0.25) is 0 Å². The van der Waals surface area contributed by atoms with E-state index in [1.165, 1.54) is 0 Å². The molecular weight excluding hydrogens is 136 g/mol. The fourth-order valence-electron chi connectivity index (χ4n) is 0.402. The van der Waals surface area contributed by atoms with Crippen LogP contribution in [0.25, 0.3) is 0 Å². The quantitative estimate of drug-likeness (QED) is 0.327. The molecule has 0 atom stereocenters. The topological polar surface area (TPSA) is 40.4 Å². The van der Waals surface area contributed by atoms with Gasteiger partial charge in [0.05, 0.1) is 25.6 Å². The highest BCUT2D eigenvalue weighted by Crippen LogP contribution is 1.60. The van der Waals surface area contributed by atoms with Crippen LogP contribution in [0.3, 0.4) is 0 Å². The smallest absolute Gasteiger partial charge is 0.0940 e. The van der Waals surface area contributed by atoms with Crippen molar-refractivity contribution >= 4 is 0 Å². The lowest BCUT2D eigenvalue weighted by atomic mass is 10.4. The van der Waals surface area contributed by atoms with Gasteiger partial charge in [-0.2, -0.15) is 5.26 Å². The maximum Gasteiger partial charge on any atom is 0.0940 e. The summed E-state index contributed by atoms with van der Waals surface area (Å²) in [7, 11) is 0. The molecule has 0 unspecified atom stereocenters. The molecule has 0 bridgehead atoms. The van der Waals surface area contributed by atoms with Gasteiger partial charge >= 0.3 is 0 Å². The van der Waals surface area contributed by atoms with E-state index in [-0.39, 0.29) is 12.4 Å². The molecule has 2 nitrogen and oxygen atoms in total. The van der Waals surface area contributed by atoms with Crippen LogP contribution in [-0.4, -0.2) is 13.1 Å². The van der Waals surface area contributed by atoms with E-state index < -0.39 is 0 Å². The first kappa shape index (κ1) is 11.3. The number of nitrogens with zero attached hydrogens (tertiary/aromatic N) is 1. The van der Waals surface area contributed by atoms with E-state index >= 15 is 0 Å². The second-order valence-electron chi connectivity index (χ2n) is 1.51. The summed E-state index contributed by atoms with van der Waals surface area (Å²) >= 11 is 0. The zero-order valence-electron chi connectivity index (χ0n) is 5.31. The molecule has 0 rings (SSSR count). The van der Waals surface area contributed by atoms with Crippen LogP contribution < -0.4 is 17.7 Å². The summed E-state index contributed by atoms with van der Waals surface area (Å²) < 4.78 is 0. The Morgan fingerprint density at radius 3 is 2.78 bits per heavy atom. The summed E-state index contributed by atoms with van der Waals surface area (Å²) in [5.74, 6) is 0. The highest BCUT2D eigenvalue weighted by atomic mass is 35.5. The largest absolute Gasteiger partial charge is 1.00 e. The lowest BCUT2D eigenvalue weighted by Crippen LogP contribution is -3.00. The molecule has 0 aromatic heterocycles. The molecule has 3 heteroatoms. The van der Waals surface area contributed by atoms with E-state index in [1.807, 2.05) is 6.08 Å². The first-order valence-electron chi connectivity index (χ1n) is 2.71. The lowest BCUT2D eigenvalue weighted by molar-refractivity contribution is -0.644. The van der Waals surface area contributed by atoms with Gasteiger partial charge < -0.3 is 17.7 Å². The summed E-state index contributed by atoms with van der Waals surface area (Å²) in [5, 5.41) is 10.1. The van der Waals surface area contributed by atoms with E-state index in [4.69, 9.17) is 5.26 Å². The fourth-order valence-corrected chi connectivity index (χ4v) is 0.402. The predicted octanol–water partition coefficient (Wildman–Crippen LogP) is -3.35. The number of nitriles is 1. The van der Waals surface area contributed by atoms with Crippen LogP contribution in [0.5, 0.6) is 0 Å². The van der Waals surface area contributed by atoms with Crippen molar-refractivity contribution in [3.8, 4) is 6.07 Å². The molecule has 52 valence electrons. The van der Waals surface area contributed by atoms with Gasteiger partial charge in [-0.25, -0.2) is 0 Å². The van der Waals surface area contributed by atoms with Crippen LogP contribution in [0.2, 0.25) is 0 Å². The summed E-state index contributed by atoms with van der Waals surface area (Å²) in [6.07, 6.45) is 2.46. The van der Waals surface area contributed by atoms with Crippen molar-refractivity contribution in [2.75, 3.05) is 13.1 Å². The van der Waals surface area contributed by atoms with Crippen LogP contribution >= 0.6 is 0 Å². The third-order valence-corrected chi connectivity index (χ3v) is 0.794. The normalized spacial score (nSPS) is 7.00. The molecule has 0 aromatic rings. The maximum absolute atomic E-state index is 8.07. The molecule has 9 heavy (non-hydrogen) atoms. The Labute approximate surface area is 62.0 Å². The number of hydrogen-bond donors (Lipinski definition) is 1. The van der Waals surface area contributed by atoms with Crippen LogP contribution in [0.15, 0.2) is 12.7 Å². The second kappa shape index (κ2) is 10.5. The molecule has 0 saturated carbocycles. The standard InChI is InChI=1S/C6H10N2.ClH/c1-2-5-8-6-3-4-7;/h2,8H,1,3,5-6H2;1H. The van der Waals surface area contributed by atoms with E-state index in [2.05, 4.69) is 18.0 Å². The lowest BCUT2D eigenvalue weighted by Gasteiger charge is -1.88. The molecule has 0 heterocycles. The minimum atomic E-state index is 0. The zero-order chi connectivity index (χ0) is 6.24. The molecule has 0 aliphatic heterocycles. The van der Waals surface area contributed by atoms with Crippen molar-refractivity contribution in [1.82, 2.24) is 0 Å². The first-order valence-corrected chi connectivity index (χ1v) is 2.71. The van der Waals surface area contributed by atoms with Gasteiger partial charge in [-0.05, 0) is 6.08 Å². The molecule has 0 spiro atoms. The predicted molar refractivity (Wildman–Crippen MR) is 32.1 cm³/mol. The van der Waals surface area contributed by atoms with E-state index in [9.17, 15) is 0 Å². The third kappa shape index (κ3) is 11.2. The van der Waals surface area contributed by atoms with Crippen LogP contribution in [0, 0.1) is 11.3 Å². The average Bonchev–Trinajstić information content (AvgIpc) is 1.81. The summed E-state index contributed by atoms with van der Waals surface area (Å²) in [6.45, 7) is 5.35. The molecule has 0 aromatic carbocycles. The molecule has 0 amide bonds. The maximum atomic E-state index is 8.07. The fraction of sp³-hybridized carbons (Fsp3) is 0.500. The highest BCUT2D eigenvalue weighted by molar-refractivity contribution is 4.67. The van der Waals surface area contributed by atoms with Crippen LogP contribution in [0.4, 0.5) is 0 Å². The van der Waals surface area contributed by atoms with Crippen molar-refractivity contribution in [3.05, 3.63) is 12.7 Å². The van der Waals surface area contributed by atoms with Crippen LogP contribution in [-0.2, 0) is 0 Å². The van der Waals surface area contributed by atoms with Gasteiger partial charge in [0, 0.05) is 0 Å². The van der Waals surface area contributed by atoms with E-state index in [0.29, 0.717) is 6.42 Å². The Hall–Kier alpha value is -0.520. The van der Waals surface area contributed by atoms with Crippen molar-refractivity contribution in [2.24, 2.45) is 0 Å². The molecule has 0 radical (unpaired) electrons. The van der Waals surface area contributed by atoms with Gasteiger partial charge in [0.15, 0.2) is 0 Å². The second-order valence-corrected chi connectivity index (χ2v) is 1.51. The van der Waals surface area contributed by atoms with Crippen molar-refractivity contribution < 1.29 is 17.7 Å². The molecule has 0 aliphatic rings. The number of rotatable bonds is 4. The zero-order valence-corrected chi connectivity index (χ0v) is 6.06. The van der Waals surface area contributed by atoms with Gasteiger partial charge in [0.25, 0.3) is 0 Å². The Morgan fingerprint density at radius 2 is 2.33 bits per heavy atom. The number of halogens is 1. The SMILES string of the molecule is C=CC[NH2+]CCC#N.[Cl-]. The van der Waals surface area contributed by atoms with Crippen molar-refractivity contribution in [1.29, 1.82) is 5.26 Å². The Morgan fingerprint density at radius 1 is 1.67 bits per heavy atom. The van der Waals surface area contributed by atoms with Crippen molar-refractivity contribution in [2.45, 2.75) is 6.42 Å². The summed E-state index contributed by atoms with van der Waals surface area (Å²) in [4.78, 5) is 0. The highest BCUT2D eigenvalue weighted by Gasteiger charge is 1.82. The molecule has 0 aliphatic carbocycles. The number of nitrogens with two attached hydrogens (primary N) is 1. The van der Waals surface area contributed by atoms with Gasteiger partial charge in [-0.1, -0.05) is 6.58 Å². The molecular formula is C6H11ClN2. The molecule has 0 saturated heterocycles. The Kier molecular flexibility index (Phi) is 13.1. The summed E-state index contributed by atoms with van der Waals surface area (Å²) in [6, 6.07) is 2.06. The number of quaternary nitrogens is 1. The molecule has 2 N–H and O–H groups in total. The molecule has 0 fully saturated rings. The average molecular weight is 147 g/mol. The minimum Gasteiger partial charge on any atom is -1.00 e. The van der Waals surface area contributed by atoms with Crippen molar-refractivity contribution in [3.63, 3.8) is 0 Å². The van der Waals surface area contributed by atoms with Gasteiger partial charge in [0.2, 0.25) is 0 Å². The monoisotopic (exact) mass is 146 g/mol. The number of hydrogen-bond acceptors (Lipinski definition) is 1. The summed E-state index contributed by atoms with van der Waals surface area (Å²) in [5.41, 5.74) is 0. The van der Waals surface area contributed by atoms with Crippen LogP contribution in [0.1, 0.15) is 6.42 Å². The minimum absolute atomic E-state index is 0. The Bertz CT molecular complexity index is 95.7. The van der Waals surface area contributed by atoms with Gasteiger partial charge in [0.1, 0.15) is 0 Å². The Balaban J connectivity index is 0. The third-order valence-electron chi connectivity index (χ3n) is 0.794.